The fourth-order valence-corrected chi connectivity index (χ4v) is 7.20. The first kappa shape index (κ1) is 27.3. The molecule has 0 saturated heterocycles. The third-order valence-electron chi connectivity index (χ3n) is 8.05. The number of aryl methyl sites for hydroxylation is 2. The van der Waals surface area contributed by atoms with Crippen LogP contribution in [0.5, 0.6) is 0 Å². The maximum absolute atomic E-state index is 14.4. The van der Waals surface area contributed by atoms with E-state index in [9.17, 15) is 17.6 Å². The van der Waals surface area contributed by atoms with Crippen LogP contribution in [0.1, 0.15) is 59.3 Å². The summed E-state index contributed by atoms with van der Waals surface area (Å²) in [6.45, 7) is 2.23. The smallest absolute Gasteiger partial charge is 0.244 e. The highest BCUT2D eigenvalue weighted by atomic mass is 32.2. The molecule has 2 aliphatic rings. The lowest BCUT2D eigenvalue weighted by Crippen LogP contribution is -2.34. The number of hydrogen-bond donors (Lipinski definition) is 1. The van der Waals surface area contributed by atoms with Gasteiger partial charge < -0.3 is 4.90 Å². The van der Waals surface area contributed by atoms with Crippen molar-refractivity contribution in [3.05, 3.63) is 125 Å². The predicted octanol–water partition coefficient (Wildman–Crippen LogP) is 6.22. The van der Waals surface area contributed by atoms with Gasteiger partial charge in [0.15, 0.2) is 0 Å². The van der Waals surface area contributed by atoms with E-state index < -0.39 is 21.9 Å². The van der Waals surface area contributed by atoms with Crippen molar-refractivity contribution in [3.8, 4) is 0 Å². The van der Waals surface area contributed by atoms with Crippen LogP contribution in [-0.2, 0) is 27.8 Å². The molecule has 8 heteroatoms. The molecule has 1 saturated carbocycles. The Bertz CT molecular complexity index is 1690. The highest BCUT2D eigenvalue weighted by Gasteiger charge is 2.46. The Morgan fingerprint density at radius 1 is 1.00 bits per heavy atom. The average Bonchev–Trinajstić information content (AvgIpc) is 3.77. The number of carbonyl (C=O) groups excluding carboxylic acids is 1. The molecule has 0 bridgehead atoms. The molecular formula is C33H32FN3O3S. The standard InChI is InChI=1S/C33H32FN3O3S/c1-22-9-7-13-25(35-22)21-37(33(38)29-20-27(29)23-10-3-2-4-11-23)26-18-17-24-12-8-15-31(28(24)19-26)36-41(39,40)32-16-6-5-14-30(32)34/h2-7,9-11,13-14,16-19,27,29,31,36H,8,12,15,20-21H2,1H3/t27-,29-,31-/m0/s1. The zero-order valence-corrected chi connectivity index (χ0v) is 23.6. The number of amides is 1. The molecule has 2 aliphatic carbocycles. The van der Waals surface area contributed by atoms with Crippen LogP contribution in [0.4, 0.5) is 10.1 Å². The lowest BCUT2D eigenvalue weighted by molar-refractivity contribution is -0.120. The second kappa shape index (κ2) is 11.2. The second-order valence-corrected chi connectivity index (χ2v) is 12.6. The molecule has 1 N–H and O–H groups in total. The fraction of sp³-hybridized carbons (Fsp3) is 0.273. The lowest BCUT2D eigenvalue weighted by atomic mass is 9.87. The van der Waals surface area contributed by atoms with E-state index in [2.05, 4.69) is 21.8 Å². The summed E-state index contributed by atoms with van der Waals surface area (Å²) in [4.78, 5) is 20.1. The van der Waals surface area contributed by atoms with Gasteiger partial charge in [-0.3, -0.25) is 9.78 Å². The van der Waals surface area contributed by atoms with Gasteiger partial charge in [-0.15, -0.1) is 0 Å². The van der Waals surface area contributed by atoms with Crippen molar-refractivity contribution in [1.29, 1.82) is 0 Å². The van der Waals surface area contributed by atoms with E-state index in [0.717, 1.165) is 53.4 Å². The number of nitrogens with zero attached hydrogens (tertiary/aromatic N) is 2. The Morgan fingerprint density at radius 2 is 1.78 bits per heavy atom. The molecular weight excluding hydrogens is 537 g/mol. The Labute approximate surface area is 240 Å². The number of nitrogens with one attached hydrogen (secondary N) is 1. The SMILES string of the molecule is Cc1cccc(CN(C(=O)[C@H]2C[C@H]2c2ccccc2)c2ccc3c(c2)[C@@H](NS(=O)(=O)c2ccccc2F)CCC3)n1. The van der Waals surface area contributed by atoms with Gasteiger partial charge in [-0.2, -0.15) is 0 Å². The molecule has 3 aromatic carbocycles. The summed E-state index contributed by atoms with van der Waals surface area (Å²) < 4.78 is 43.5. The van der Waals surface area contributed by atoms with Crippen molar-refractivity contribution in [3.63, 3.8) is 0 Å². The van der Waals surface area contributed by atoms with Crippen LogP contribution in [0.25, 0.3) is 0 Å². The summed E-state index contributed by atoms with van der Waals surface area (Å²) in [6.07, 6.45) is 2.97. The number of fused-ring (bicyclic) bond motifs is 1. The van der Waals surface area contributed by atoms with Crippen molar-refractivity contribution in [2.75, 3.05) is 4.90 Å². The molecule has 41 heavy (non-hydrogen) atoms. The highest BCUT2D eigenvalue weighted by molar-refractivity contribution is 7.89. The topological polar surface area (TPSA) is 79.4 Å². The largest absolute Gasteiger partial charge is 0.306 e. The quantitative estimate of drug-likeness (QED) is 0.273. The minimum Gasteiger partial charge on any atom is -0.306 e. The summed E-state index contributed by atoms with van der Waals surface area (Å²) in [5, 5.41) is 0. The van der Waals surface area contributed by atoms with Crippen LogP contribution in [0.3, 0.4) is 0 Å². The van der Waals surface area contributed by atoms with Crippen molar-refractivity contribution >= 4 is 21.6 Å². The number of halogens is 1. The lowest BCUT2D eigenvalue weighted by Gasteiger charge is -2.29. The van der Waals surface area contributed by atoms with Gasteiger partial charge in [-0.05, 0) is 91.6 Å². The van der Waals surface area contributed by atoms with Crippen LogP contribution in [0.2, 0.25) is 0 Å². The van der Waals surface area contributed by atoms with Gasteiger partial charge in [-0.1, -0.05) is 54.6 Å². The van der Waals surface area contributed by atoms with Gasteiger partial charge in [0.25, 0.3) is 0 Å². The minimum absolute atomic E-state index is 0.0291. The van der Waals surface area contributed by atoms with Crippen molar-refractivity contribution in [1.82, 2.24) is 9.71 Å². The number of pyridine rings is 1. The van der Waals surface area contributed by atoms with Gasteiger partial charge in [0.2, 0.25) is 15.9 Å². The molecule has 4 aromatic rings. The summed E-state index contributed by atoms with van der Waals surface area (Å²) in [7, 11) is -4.09. The maximum atomic E-state index is 14.4. The summed E-state index contributed by atoms with van der Waals surface area (Å²) in [6, 6.07) is 26.6. The molecule has 6 rings (SSSR count). The molecule has 3 atom stereocenters. The van der Waals surface area contributed by atoms with E-state index in [-0.39, 0.29) is 22.6 Å². The first-order valence-electron chi connectivity index (χ1n) is 14.0. The van der Waals surface area contributed by atoms with Crippen LogP contribution in [0, 0.1) is 18.7 Å². The molecule has 0 radical (unpaired) electrons. The second-order valence-electron chi connectivity index (χ2n) is 10.9. The number of benzene rings is 3. The molecule has 0 unspecified atom stereocenters. The van der Waals surface area contributed by atoms with E-state index in [0.29, 0.717) is 18.7 Å². The van der Waals surface area contributed by atoms with Gasteiger partial charge in [-0.25, -0.2) is 17.5 Å². The van der Waals surface area contributed by atoms with Gasteiger partial charge in [0, 0.05) is 23.3 Å². The van der Waals surface area contributed by atoms with Crippen molar-refractivity contribution in [2.24, 2.45) is 5.92 Å². The molecule has 0 aliphatic heterocycles. The minimum atomic E-state index is -4.09. The zero-order valence-electron chi connectivity index (χ0n) is 22.8. The number of carbonyl (C=O) groups is 1. The fourth-order valence-electron chi connectivity index (χ4n) is 5.87. The molecule has 6 nitrogen and oxygen atoms in total. The first-order valence-corrected chi connectivity index (χ1v) is 15.5. The van der Waals surface area contributed by atoms with Gasteiger partial charge in [0.1, 0.15) is 10.7 Å². The Hall–Kier alpha value is -3.88. The number of sulfonamides is 1. The molecule has 210 valence electrons. The molecule has 0 spiro atoms. The van der Waals surface area contributed by atoms with Gasteiger partial charge >= 0.3 is 0 Å². The molecule has 1 heterocycles. The van der Waals surface area contributed by atoms with Crippen molar-refractivity contribution in [2.45, 2.75) is 56.0 Å². The van der Waals surface area contributed by atoms with E-state index in [1.807, 2.05) is 61.5 Å². The van der Waals surface area contributed by atoms with Crippen LogP contribution < -0.4 is 9.62 Å². The number of anilines is 1. The third kappa shape index (κ3) is 5.80. The number of aromatic nitrogens is 1. The summed E-state index contributed by atoms with van der Waals surface area (Å²) >= 11 is 0. The summed E-state index contributed by atoms with van der Waals surface area (Å²) in [5.41, 5.74) is 5.36. The Kier molecular flexibility index (Phi) is 7.45. The van der Waals surface area contributed by atoms with E-state index in [1.165, 1.54) is 18.2 Å². The predicted molar refractivity (Wildman–Crippen MR) is 156 cm³/mol. The maximum Gasteiger partial charge on any atom is 0.244 e. The number of rotatable bonds is 8. The monoisotopic (exact) mass is 569 g/mol. The zero-order chi connectivity index (χ0) is 28.6. The Morgan fingerprint density at radius 3 is 2.56 bits per heavy atom. The number of hydrogen-bond acceptors (Lipinski definition) is 4. The van der Waals surface area contributed by atoms with Crippen LogP contribution in [-0.4, -0.2) is 19.3 Å². The van der Waals surface area contributed by atoms with Gasteiger partial charge in [0.05, 0.1) is 12.2 Å². The molecule has 1 fully saturated rings. The normalized spacial score (nSPS) is 19.8. The van der Waals surface area contributed by atoms with E-state index >= 15 is 0 Å². The molecule has 1 amide bonds. The van der Waals surface area contributed by atoms with Crippen LogP contribution >= 0.6 is 0 Å². The first-order chi connectivity index (χ1) is 19.8. The van der Waals surface area contributed by atoms with Crippen molar-refractivity contribution < 1.29 is 17.6 Å². The molecule has 1 aromatic heterocycles. The highest BCUT2D eigenvalue weighted by Crippen LogP contribution is 2.49. The van der Waals surface area contributed by atoms with E-state index in [4.69, 9.17) is 0 Å². The third-order valence-corrected chi connectivity index (χ3v) is 9.55. The van der Waals surface area contributed by atoms with Crippen LogP contribution in [0.15, 0.2) is 95.9 Å². The Balaban J connectivity index is 1.33. The summed E-state index contributed by atoms with van der Waals surface area (Å²) in [5.74, 6) is -0.714. The van der Waals surface area contributed by atoms with E-state index in [1.54, 1.807) is 4.90 Å². The average molecular weight is 570 g/mol.